The van der Waals surface area contributed by atoms with Crippen LogP contribution in [0.2, 0.25) is 20.1 Å². The highest BCUT2D eigenvalue weighted by Crippen LogP contribution is 2.30. The van der Waals surface area contributed by atoms with Crippen molar-refractivity contribution in [1.82, 2.24) is 0 Å². The Morgan fingerprint density at radius 2 is 1.50 bits per heavy atom. The number of nitrogens with one attached hydrogen (secondary N) is 1. The van der Waals surface area contributed by atoms with Crippen LogP contribution in [0.25, 0.3) is 0 Å². The molecule has 1 amide bonds. The van der Waals surface area contributed by atoms with E-state index < -0.39 is 0 Å². The van der Waals surface area contributed by atoms with E-state index in [-0.39, 0.29) is 12.3 Å². The average molecular weight is 349 g/mol. The van der Waals surface area contributed by atoms with Crippen LogP contribution in [0.5, 0.6) is 0 Å². The van der Waals surface area contributed by atoms with E-state index in [1.807, 2.05) is 0 Å². The topological polar surface area (TPSA) is 29.1 Å². The van der Waals surface area contributed by atoms with Crippen LogP contribution in [-0.4, -0.2) is 5.91 Å². The fourth-order valence-electron chi connectivity index (χ4n) is 1.65. The summed E-state index contributed by atoms with van der Waals surface area (Å²) in [4.78, 5) is 12.0. The second-order valence-corrected chi connectivity index (χ2v) is 5.61. The Bertz CT molecular complexity index is 602. The molecular weight excluding hydrogens is 340 g/mol. The van der Waals surface area contributed by atoms with Crippen molar-refractivity contribution in [2.75, 3.05) is 5.32 Å². The average Bonchev–Trinajstić information content (AvgIpc) is 2.40. The van der Waals surface area contributed by atoms with Crippen molar-refractivity contribution in [3.05, 3.63) is 62.1 Å². The highest BCUT2D eigenvalue weighted by atomic mass is 35.5. The number of hydrogen-bond donors (Lipinski definition) is 1. The van der Waals surface area contributed by atoms with Gasteiger partial charge in [0.1, 0.15) is 0 Å². The minimum Gasteiger partial charge on any atom is -0.324 e. The summed E-state index contributed by atoms with van der Waals surface area (Å²) in [5, 5.41) is 4.17. The van der Waals surface area contributed by atoms with Gasteiger partial charge in [-0.1, -0.05) is 64.6 Å². The van der Waals surface area contributed by atoms with Gasteiger partial charge in [-0.05, 0) is 23.8 Å². The Hall–Kier alpha value is -0.930. The molecule has 0 fully saturated rings. The Morgan fingerprint density at radius 3 is 2.20 bits per heavy atom. The molecule has 0 atom stereocenters. The number of carbonyl (C=O) groups is 1. The van der Waals surface area contributed by atoms with E-state index in [2.05, 4.69) is 5.32 Å². The molecule has 1 N–H and O–H groups in total. The highest BCUT2D eigenvalue weighted by molar-refractivity contribution is 6.44. The molecule has 0 aliphatic carbocycles. The number of rotatable bonds is 3. The van der Waals surface area contributed by atoms with E-state index in [0.717, 1.165) is 0 Å². The predicted octanol–water partition coefficient (Wildman–Crippen LogP) is 5.48. The molecule has 2 rings (SSSR count). The van der Waals surface area contributed by atoms with Gasteiger partial charge in [0, 0.05) is 0 Å². The zero-order chi connectivity index (χ0) is 14.7. The Balaban J connectivity index is 2.13. The van der Waals surface area contributed by atoms with Gasteiger partial charge in [-0.15, -0.1) is 0 Å². The molecule has 0 spiro atoms. The summed E-state index contributed by atoms with van der Waals surface area (Å²) in [5.74, 6) is -0.252. The molecule has 0 bridgehead atoms. The van der Waals surface area contributed by atoms with Gasteiger partial charge in [0.05, 0.1) is 32.2 Å². The van der Waals surface area contributed by atoms with Crippen LogP contribution in [-0.2, 0) is 11.2 Å². The molecule has 0 aliphatic heterocycles. The molecule has 2 nitrogen and oxygen atoms in total. The molecule has 6 heteroatoms. The zero-order valence-corrected chi connectivity index (χ0v) is 13.1. The summed E-state index contributed by atoms with van der Waals surface area (Å²) in [6.45, 7) is 0. The number of carbonyl (C=O) groups excluding carboxylic acids is 1. The minimum atomic E-state index is -0.252. The van der Waals surface area contributed by atoms with Crippen LogP contribution in [0, 0.1) is 0 Å². The molecule has 2 aromatic rings. The quantitative estimate of drug-likeness (QED) is 0.781. The number of hydrogen-bond acceptors (Lipinski definition) is 1. The van der Waals surface area contributed by atoms with Crippen LogP contribution in [0.3, 0.4) is 0 Å². The van der Waals surface area contributed by atoms with E-state index >= 15 is 0 Å². The van der Waals surface area contributed by atoms with Crippen molar-refractivity contribution >= 4 is 58.0 Å². The number of halogens is 4. The molecule has 0 heterocycles. The summed E-state index contributed by atoms with van der Waals surface area (Å²) in [7, 11) is 0. The fraction of sp³-hybridized carbons (Fsp3) is 0.0714. The van der Waals surface area contributed by atoms with Crippen molar-refractivity contribution in [3.8, 4) is 0 Å². The van der Waals surface area contributed by atoms with E-state index in [0.29, 0.717) is 31.3 Å². The summed E-state index contributed by atoms with van der Waals surface area (Å²) in [6.07, 6.45) is 0.0994. The predicted molar refractivity (Wildman–Crippen MR) is 85.3 cm³/mol. The molecule has 0 unspecified atom stereocenters. The van der Waals surface area contributed by atoms with Gasteiger partial charge in [-0.3, -0.25) is 4.79 Å². The van der Waals surface area contributed by atoms with Crippen LogP contribution in [0.1, 0.15) is 5.56 Å². The normalized spacial score (nSPS) is 10.4. The molecular formula is C14H9Cl4NO. The van der Waals surface area contributed by atoms with Gasteiger partial charge in [0.2, 0.25) is 5.91 Å². The maximum Gasteiger partial charge on any atom is 0.228 e. The van der Waals surface area contributed by atoms with Crippen LogP contribution < -0.4 is 5.32 Å². The summed E-state index contributed by atoms with van der Waals surface area (Å²) in [6, 6.07) is 10.2. The summed E-state index contributed by atoms with van der Waals surface area (Å²) in [5.41, 5.74) is 1.11. The monoisotopic (exact) mass is 347 g/mol. The van der Waals surface area contributed by atoms with Crippen molar-refractivity contribution in [3.63, 3.8) is 0 Å². The Kier molecular flexibility index (Phi) is 5.17. The SMILES string of the molecule is O=C(Cc1cccc(Cl)c1Cl)Nc1cccc(Cl)c1Cl. The molecule has 0 saturated heterocycles. The molecule has 20 heavy (non-hydrogen) atoms. The summed E-state index contributed by atoms with van der Waals surface area (Å²) >= 11 is 23.8. The van der Waals surface area contributed by atoms with E-state index in [4.69, 9.17) is 46.4 Å². The lowest BCUT2D eigenvalue weighted by molar-refractivity contribution is -0.115. The van der Waals surface area contributed by atoms with Gasteiger partial charge in [0.25, 0.3) is 0 Å². The Labute approximate surface area is 136 Å². The van der Waals surface area contributed by atoms with E-state index in [1.54, 1.807) is 36.4 Å². The molecule has 0 aromatic heterocycles. The maximum atomic E-state index is 12.0. The summed E-state index contributed by atoms with van der Waals surface area (Å²) < 4.78 is 0. The molecule has 104 valence electrons. The van der Waals surface area contributed by atoms with Crippen LogP contribution in [0.4, 0.5) is 5.69 Å². The van der Waals surface area contributed by atoms with Crippen LogP contribution >= 0.6 is 46.4 Å². The van der Waals surface area contributed by atoms with Crippen molar-refractivity contribution in [1.29, 1.82) is 0 Å². The second-order valence-electron chi connectivity index (χ2n) is 4.04. The Morgan fingerprint density at radius 1 is 0.900 bits per heavy atom. The molecule has 0 radical (unpaired) electrons. The van der Waals surface area contributed by atoms with E-state index in [9.17, 15) is 4.79 Å². The second kappa shape index (κ2) is 6.68. The van der Waals surface area contributed by atoms with Crippen molar-refractivity contribution in [2.45, 2.75) is 6.42 Å². The third kappa shape index (κ3) is 3.58. The lowest BCUT2D eigenvalue weighted by Crippen LogP contribution is -2.15. The first-order chi connectivity index (χ1) is 9.49. The number of benzene rings is 2. The van der Waals surface area contributed by atoms with E-state index in [1.165, 1.54) is 0 Å². The highest BCUT2D eigenvalue weighted by Gasteiger charge is 2.12. The molecule has 2 aromatic carbocycles. The lowest BCUT2D eigenvalue weighted by Gasteiger charge is -2.09. The van der Waals surface area contributed by atoms with Gasteiger partial charge in [-0.2, -0.15) is 0 Å². The number of anilines is 1. The van der Waals surface area contributed by atoms with Gasteiger partial charge >= 0.3 is 0 Å². The molecule has 0 aliphatic rings. The van der Waals surface area contributed by atoms with Gasteiger partial charge < -0.3 is 5.32 Å². The zero-order valence-electron chi connectivity index (χ0n) is 10.1. The van der Waals surface area contributed by atoms with Crippen molar-refractivity contribution < 1.29 is 4.79 Å². The third-order valence-electron chi connectivity index (χ3n) is 2.61. The first-order valence-corrected chi connectivity index (χ1v) is 7.17. The van der Waals surface area contributed by atoms with Gasteiger partial charge in [-0.25, -0.2) is 0 Å². The van der Waals surface area contributed by atoms with Crippen molar-refractivity contribution in [2.24, 2.45) is 0 Å². The maximum absolute atomic E-state index is 12.0. The van der Waals surface area contributed by atoms with Crippen LogP contribution in [0.15, 0.2) is 36.4 Å². The minimum absolute atomic E-state index is 0.0994. The molecule has 0 saturated carbocycles. The number of amides is 1. The lowest BCUT2D eigenvalue weighted by atomic mass is 10.1. The van der Waals surface area contributed by atoms with Gasteiger partial charge in [0.15, 0.2) is 0 Å². The standard InChI is InChI=1S/C14H9Cl4NO/c15-9-4-1-3-8(13(9)17)7-12(20)19-11-6-2-5-10(16)14(11)18/h1-6H,7H2,(H,19,20). The fourth-order valence-corrected chi connectivity index (χ4v) is 2.39. The largest absolute Gasteiger partial charge is 0.324 e. The smallest absolute Gasteiger partial charge is 0.228 e. The third-order valence-corrected chi connectivity index (χ3v) is 4.29. The first kappa shape index (κ1) is 15.5. The first-order valence-electron chi connectivity index (χ1n) is 5.66.